The molecule has 3 amide bonds. The van der Waals surface area contributed by atoms with Crippen LogP contribution in [-0.2, 0) is 16.0 Å². The lowest BCUT2D eigenvalue weighted by atomic mass is 9.96. The standard InChI is InChI=1S/C29H28N4O7/c1-17(2)13-25-27(35)30-22-16-19(26(34)31-23(29(37)38)14-18-7-4-3-5-8-18)11-12-24(22)32(25)28(36)20-9-6-10-21(15-20)33(39)40/h3-12,15-17,23,25H,13-14H2,1-2H3,(H,30,35)(H,31,34)(H,37,38). The summed E-state index contributed by atoms with van der Waals surface area (Å²) in [5.41, 5.74) is 1.10. The lowest BCUT2D eigenvalue weighted by Gasteiger charge is -2.37. The van der Waals surface area contributed by atoms with Crippen molar-refractivity contribution < 1.29 is 29.2 Å². The maximum Gasteiger partial charge on any atom is 0.326 e. The number of non-ortho nitro benzene ring substituents is 1. The van der Waals surface area contributed by atoms with Gasteiger partial charge in [-0.1, -0.05) is 50.2 Å². The summed E-state index contributed by atoms with van der Waals surface area (Å²) >= 11 is 0. The van der Waals surface area contributed by atoms with Gasteiger partial charge in [-0.2, -0.15) is 0 Å². The molecule has 40 heavy (non-hydrogen) atoms. The van der Waals surface area contributed by atoms with Crippen LogP contribution in [0.4, 0.5) is 17.1 Å². The van der Waals surface area contributed by atoms with E-state index in [4.69, 9.17) is 0 Å². The number of nitrogens with zero attached hydrogens (tertiary/aromatic N) is 2. The Bertz CT molecular complexity index is 1470. The normalized spacial score (nSPS) is 15.1. The zero-order valence-electron chi connectivity index (χ0n) is 21.9. The molecular weight excluding hydrogens is 516 g/mol. The molecule has 0 spiro atoms. The number of aliphatic carboxylic acids is 1. The summed E-state index contributed by atoms with van der Waals surface area (Å²) in [5.74, 6) is -2.89. The number of hydrogen-bond donors (Lipinski definition) is 3. The first-order chi connectivity index (χ1) is 19.0. The van der Waals surface area contributed by atoms with E-state index in [1.165, 1.54) is 41.3 Å². The molecule has 11 nitrogen and oxygen atoms in total. The number of rotatable bonds is 9. The number of carboxylic acid groups (broad SMARTS) is 1. The van der Waals surface area contributed by atoms with Crippen molar-refractivity contribution in [3.8, 4) is 0 Å². The SMILES string of the molecule is CC(C)CC1C(=O)Nc2cc(C(=O)NC(Cc3ccccc3)C(=O)O)ccc2N1C(=O)c1cccc([N+](=O)[O-])c1. The summed E-state index contributed by atoms with van der Waals surface area (Å²) in [7, 11) is 0. The number of carboxylic acids is 1. The molecule has 1 aliphatic rings. The molecule has 3 N–H and O–H groups in total. The van der Waals surface area contributed by atoms with Crippen molar-refractivity contribution in [3.63, 3.8) is 0 Å². The minimum Gasteiger partial charge on any atom is -0.480 e. The van der Waals surface area contributed by atoms with Crippen molar-refractivity contribution in [1.29, 1.82) is 0 Å². The molecule has 0 saturated carbocycles. The molecule has 0 aliphatic carbocycles. The summed E-state index contributed by atoms with van der Waals surface area (Å²) < 4.78 is 0. The van der Waals surface area contributed by atoms with E-state index in [9.17, 15) is 34.4 Å². The fraction of sp³-hybridized carbons (Fsp3) is 0.241. The van der Waals surface area contributed by atoms with Gasteiger partial charge in [-0.05, 0) is 42.2 Å². The fourth-order valence-electron chi connectivity index (χ4n) is 4.58. The van der Waals surface area contributed by atoms with E-state index < -0.39 is 40.7 Å². The average Bonchev–Trinajstić information content (AvgIpc) is 2.92. The Hall–Kier alpha value is -5.06. The number of hydrogen-bond acceptors (Lipinski definition) is 6. The van der Waals surface area contributed by atoms with E-state index in [-0.39, 0.29) is 34.8 Å². The number of benzene rings is 3. The van der Waals surface area contributed by atoms with E-state index in [1.807, 2.05) is 13.8 Å². The third-order valence-electron chi connectivity index (χ3n) is 6.49. The second kappa shape index (κ2) is 11.8. The third kappa shape index (κ3) is 6.15. The van der Waals surface area contributed by atoms with E-state index in [0.29, 0.717) is 12.1 Å². The van der Waals surface area contributed by atoms with Gasteiger partial charge >= 0.3 is 5.97 Å². The highest BCUT2D eigenvalue weighted by atomic mass is 16.6. The lowest BCUT2D eigenvalue weighted by Crippen LogP contribution is -2.51. The number of nitrogens with one attached hydrogen (secondary N) is 2. The van der Waals surface area contributed by atoms with E-state index in [2.05, 4.69) is 10.6 Å². The van der Waals surface area contributed by atoms with Crippen molar-refractivity contribution in [3.05, 3.63) is 99.6 Å². The van der Waals surface area contributed by atoms with Gasteiger partial charge < -0.3 is 15.7 Å². The number of nitro groups is 1. The van der Waals surface area contributed by atoms with Crippen LogP contribution in [0.25, 0.3) is 0 Å². The summed E-state index contributed by atoms with van der Waals surface area (Å²) in [5, 5.41) is 26.2. The van der Waals surface area contributed by atoms with Crippen LogP contribution in [0.3, 0.4) is 0 Å². The topological polar surface area (TPSA) is 159 Å². The van der Waals surface area contributed by atoms with Crippen LogP contribution >= 0.6 is 0 Å². The number of carbonyl (C=O) groups is 4. The Morgan fingerprint density at radius 3 is 2.40 bits per heavy atom. The van der Waals surface area contributed by atoms with Gasteiger partial charge in [-0.3, -0.25) is 29.4 Å². The van der Waals surface area contributed by atoms with Gasteiger partial charge in [0.2, 0.25) is 5.91 Å². The zero-order chi connectivity index (χ0) is 29.0. The van der Waals surface area contributed by atoms with Crippen LogP contribution in [0.15, 0.2) is 72.8 Å². The largest absolute Gasteiger partial charge is 0.480 e. The average molecular weight is 545 g/mol. The molecule has 3 aromatic carbocycles. The van der Waals surface area contributed by atoms with Crippen molar-refractivity contribution in [1.82, 2.24) is 5.32 Å². The number of fused-ring (bicyclic) bond motifs is 1. The number of nitro benzene ring substituents is 1. The molecule has 0 saturated heterocycles. The maximum absolute atomic E-state index is 13.7. The first-order valence-corrected chi connectivity index (χ1v) is 12.7. The lowest BCUT2D eigenvalue weighted by molar-refractivity contribution is -0.384. The van der Waals surface area contributed by atoms with Crippen molar-refractivity contribution in [2.45, 2.75) is 38.8 Å². The zero-order valence-corrected chi connectivity index (χ0v) is 21.9. The first-order valence-electron chi connectivity index (χ1n) is 12.7. The second-order valence-corrected chi connectivity index (χ2v) is 9.90. The fourth-order valence-corrected chi connectivity index (χ4v) is 4.58. The molecular formula is C29H28N4O7. The Kier molecular flexibility index (Phi) is 8.23. The molecule has 206 valence electrons. The highest BCUT2D eigenvalue weighted by molar-refractivity contribution is 6.17. The summed E-state index contributed by atoms with van der Waals surface area (Å²) in [4.78, 5) is 63.7. The van der Waals surface area contributed by atoms with Gasteiger partial charge in [0.25, 0.3) is 17.5 Å². The van der Waals surface area contributed by atoms with E-state index >= 15 is 0 Å². The summed E-state index contributed by atoms with van der Waals surface area (Å²) in [6.45, 7) is 3.81. The van der Waals surface area contributed by atoms with Gasteiger partial charge in [0.15, 0.2) is 0 Å². The van der Waals surface area contributed by atoms with Crippen LogP contribution in [0.2, 0.25) is 0 Å². The molecule has 11 heteroatoms. The Balaban J connectivity index is 1.66. The van der Waals surface area contributed by atoms with Gasteiger partial charge in [0, 0.05) is 29.7 Å². The van der Waals surface area contributed by atoms with Crippen molar-refractivity contribution in [2.75, 3.05) is 10.2 Å². The van der Waals surface area contributed by atoms with Crippen LogP contribution in [0, 0.1) is 16.0 Å². The van der Waals surface area contributed by atoms with Gasteiger partial charge in [-0.15, -0.1) is 0 Å². The third-order valence-corrected chi connectivity index (χ3v) is 6.49. The monoisotopic (exact) mass is 544 g/mol. The first kappa shape index (κ1) is 28.0. The summed E-state index contributed by atoms with van der Waals surface area (Å²) in [6, 6.07) is 16.4. The van der Waals surface area contributed by atoms with Crippen LogP contribution in [-0.4, -0.2) is 45.8 Å². The van der Waals surface area contributed by atoms with Crippen LogP contribution in [0.5, 0.6) is 0 Å². The smallest absolute Gasteiger partial charge is 0.326 e. The number of carbonyl (C=O) groups excluding carboxylic acids is 3. The molecule has 0 radical (unpaired) electrons. The Morgan fingerprint density at radius 1 is 1.02 bits per heavy atom. The molecule has 1 aliphatic heterocycles. The quantitative estimate of drug-likeness (QED) is 0.271. The number of amides is 3. The van der Waals surface area contributed by atoms with E-state index in [0.717, 1.165) is 11.6 Å². The van der Waals surface area contributed by atoms with Crippen molar-refractivity contribution in [2.24, 2.45) is 5.92 Å². The number of anilines is 2. The minimum atomic E-state index is -1.20. The molecule has 0 bridgehead atoms. The van der Waals surface area contributed by atoms with Gasteiger partial charge in [0.05, 0.1) is 16.3 Å². The van der Waals surface area contributed by atoms with Crippen molar-refractivity contribution >= 4 is 40.8 Å². The molecule has 0 aromatic heterocycles. The minimum absolute atomic E-state index is 0.0376. The van der Waals surface area contributed by atoms with Crippen LogP contribution in [0.1, 0.15) is 46.5 Å². The predicted octanol–water partition coefficient (Wildman–Crippen LogP) is 4.03. The molecule has 2 unspecified atom stereocenters. The second-order valence-electron chi connectivity index (χ2n) is 9.90. The van der Waals surface area contributed by atoms with E-state index in [1.54, 1.807) is 30.3 Å². The highest BCUT2D eigenvalue weighted by Crippen LogP contribution is 2.36. The van der Waals surface area contributed by atoms with Gasteiger partial charge in [0.1, 0.15) is 12.1 Å². The highest BCUT2D eigenvalue weighted by Gasteiger charge is 2.38. The Labute approximate surface area is 230 Å². The molecule has 0 fully saturated rings. The molecule has 1 heterocycles. The maximum atomic E-state index is 13.7. The molecule has 3 aromatic rings. The summed E-state index contributed by atoms with van der Waals surface area (Å²) in [6.07, 6.45) is 0.403. The van der Waals surface area contributed by atoms with Crippen LogP contribution < -0.4 is 15.5 Å². The molecule has 2 atom stereocenters. The molecule has 4 rings (SSSR count). The Morgan fingerprint density at radius 2 is 1.75 bits per heavy atom. The predicted molar refractivity (Wildman–Crippen MR) is 147 cm³/mol. The van der Waals surface area contributed by atoms with Gasteiger partial charge in [-0.25, -0.2) is 4.79 Å².